The van der Waals surface area contributed by atoms with E-state index in [1.54, 1.807) is 18.2 Å². The van der Waals surface area contributed by atoms with Gasteiger partial charge in [-0.05, 0) is 17.7 Å². The second kappa shape index (κ2) is 4.88. The van der Waals surface area contributed by atoms with E-state index in [1.807, 2.05) is 19.9 Å². The van der Waals surface area contributed by atoms with E-state index in [0.29, 0.717) is 17.9 Å². The van der Waals surface area contributed by atoms with E-state index in [-0.39, 0.29) is 5.92 Å². The van der Waals surface area contributed by atoms with Gasteiger partial charge in [-0.3, -0.25) is 9.09 Å². The summed E-state index contributed by atoms with van der Waals surface area (Å²) in [7, 11) is 0. The molecule has 0 saturated carbocycles. The van der Waals surface area contributed by atoms with Crippen molar-refractivity contribution in [2.75, 3.05) is 0 Å². The second-order valence-electron chi connectivity index (χ2n) is 4.36. The minimum absolute atomic E-state index is 0.107. The monoisotopic (exact) mass is 243 g/mol. The molecule has 92 valence electrons. The fourth-order valence-corrected chi connectivity index (χ4v) is 1.76. The van der Waals surface area contributed by atoms with E-state index in [0.717, 1.165) is 5.56 Å². The summed E-state index contributed by atoms with van der Waals surface area (Å²) in [5.41, 5.74) is 1.45. The number of hydrogen-bond donors (Lipinski definition) is 0. The van der Waals surface area contributed by atoms with Crippen LogP contribution in [0.3, 0.4) is 0 Å². The van der Waals surface area contributed by atoms with Crippen molar-refractivity contribution in [1.82, 2.24) is 9.72 Å². The highest BCUT2D eigenvalue weighted by Crippen LogP contribution is 2.12. The quantitative estimate of drug-likeness (QED) is 0.825. The van der Waals surface area contributed by atoms with Gasteiger partial charge in [0.2, 0.25) is 0 Å². The SMILES string of the molecule is CC(C)c1noc(=O)n1Cc1cccc(C#N)c1. The first-order valence-electron chi connectivity index (χ1n) is 5.67. The topological polar surface area (TPSA) is 71.8 Å². The van der Waals surface area contributed by atoms with Gasteiger partial charge < -0.3 is 0 Å². The van der Waals surface area contributed by atoms with Crippen molar-refractivity contribution in [2.45, 2.75) is 26.3 Å². The van der Waals surface area contributed by atoms with Crippen molar-refractivity contribution >= 4 is 0 Å². The standard InChI is InChI=1S/C13H13N3O2/c1-9(2)12-15-18-13(17)16(12)8-11-5-3-4-10(6-11)7-14/h3-6,9H,8H2,1-2H3. The van der Waals surface area contributed by atoms with Crippen LogP contribution in [0.1, 0.15) is 36.7 Å². The Balaban J connectivity index is 2.37. The van der Waals surface area contributed by atoms with Crippen LogP contribution in [0, 0.1) is 11.3 Å². The lowest BCUT2D eigenvalue weighted by atomic mass is 10.1. The minimum atomic E-state index is -0.471. The largest absolute Gasteiger partial charge is 0.441 e. The van der Waals surface area contributed by atoms with Crippen LogP contribution in [0.15, 0.2) is 33.6 Å². The predicted molar refractivity (Wildman–Crippen MR) is 65.1 cm³/mol. The highest BCUT2D eigenvalue weighted by atomic mass is 16.5. The Hall–Kier alpha value is -2.35. The number of nitrogens with zero attached hydrogens (tertiary/aromatic N) is 3. The molecule has 5 heteroatoms. The van der Waals surface area contributed by atoms with Crippen molar-refractivity contribution in [2.24, 2.45) is 0 Å². The summed E-state index contributed by atoms with van der Waals surface area (Å²) in [5, 5.41) is 12.6. The maximum atomic E-state index is 11.6. The summed E-state index contributed by atoms with van der Waals surface area (Å²) < 4.78 is 6.17. The molecule has 0 saturated heterocycles. The zero-order valence-corrected chi connectivity index (χ0v) is 10.3. The van der Waals surface area contributed by atoms with E-state index >= 15 is 0 Å². The van der Waals surface area contributed by atoms with E-state index in [2.05, 4.69) is 15.7 Å². The third-order valence-electron chi connectivity index (χ3n) is 2.63. The van der Waals surface area contributed by atoms with Gasteiger partial charge >= 0.3 is 5.76 Å². The highest BCUT2D eigenvalue weighted by molar-refractivity contribution is 5.32. The molecule has 1 heterocycles. The molecule has 0 bridgehead atoms. The smallest absolute Gasteiger partial charge is 0.296 e. The van der Waals surface area contributed by atoms with Gasteiger partial charge in [-0.15, -0.1) is 0 Å². The van der Waals surface area contributed by atoms with Crippen LogP contribution in [-0.2, 0) is 6.54 Å². The van der Waals surface area contributed by atoms with Gasteiger partial charge in [0.05, 0.1) is 18.2 Å². The van der Waals surface area contributed by atoms with Crippen LogP contribution in [0.25, 0.3) is 0 Å². The fourth-order valence-electron chi connectivity index (χ4n) is 1.76. The molecule has 0 unspecified atom stereocenters. The Morgan fingerprint density at radius 2 is 2.28 bits per heavy atom. The molecule has 0 atom stereocenters. The molecule has 2 rings (SSSR count). The third kappa shape index (κ3) is 2.33. The summed E-state index contributed by atoms with van der Waals surface area (Å²) in [5.74, 6) is 0.249. The van der Waals surface area contributed by atoms with Crippen LogP contribution in [-0.4, -0.2) is 9.72 Å². The molecule has 2 aromatic rings. The maximum Gasteiger partial charge on any atom is 0.441 e. The summed E-state index contributed by atoms with van der Waals surface area (Å²) in [6.45, 7) is 4.25. The van der Waals surface area contributed by atoms with Gasteiger partial charge in [0.25, 0.3) is 0 Å². The predicted octanol–water partition coefficient (Wildman–Crippen LogP) is 1.88. The molecule has 18 heavy (non-hydrogen) atoms. The maximum absolute atomic E-state index is 11.6. The molecule has 5 nitrogen and oxygen atoms in total. The Bertz CT molecular complexity index is 647. The van der Waals surface area contributed by atoms with Crippen molar-refractivity contribution in [3.63, 3.8) is 0 Å². The first kappa shape index (κ1) is 12.1. The highest BCUT2D eigenvalue weighted by Gasteiger charge is 2.14. The Morgan fingerprint density at radius 3 is 2.94 bits per heavy atom. The molecule has 0 N–H and O–H groups in total. The molecule has 1 aromatic carbocycles. The van der Waals surface area contributed by atoms with Gasteiger partial charge in [0.15, 0.2) is 5.82 Å². The normalized spacial score (nSPS) is 10.6. The van der Waals surface area contributed by atoms with E-state index in [9.17, 15) is 4.79 Å². The van der Waals surface area contributed by atoms with Gasteiger partial charge in [-0.2, -0.15) is 5.26 Å². The molecule has 1 aromatic heterocycles. The molecule has 0 aliphatic rings. The molecule has 0 radical (unpaired) electrons. The van der Waals surface area contributed by atoms with E-state index in [4.69, 9.17) is 5.26 Å². The molecule has 0 fully saturated rings. The zero-order valence-electron chi connectivity index (χ0n) is 10.3. The number of nitriles is 1. The lowest BCUT2D eigenvalue weighted by Crippen LogP contribution is -2.18. The first-order chi connectivity index (χ1) is 8.61. The van der Waals surface area contributed by atoms with Crippen LogP contribution in [0.4, 0.5) is 0 Å². The summed E-state index contributed by atoms with van der Waals surface area (Å²) >= 11 is 0. The summed E-state index contributed by atoms with van der Waals surface area (Å²) in [6, 6.07) is 9.21. The number of hydrogen-bond acceptors (Lipinski definition) is 4. The molecule has 0 aliphatic heterocycles. The average molecular weight is 243 g/mol. The minimum Gasteiger partial charge on any atom is -0.296 e. The molecule has 0 amide bonds. The Morgan fingerprint density at radius 1 is 1.50 bits per heavy atom. The number of benzene rings is 1. The molecular formula is C13H13N3O2. The van der Waals surface area contributed by atoms with Gasteiger partial charge in [0.1, 0.15) is 0 Å². The van der Waals surface area contributed by atoms with E-state index < -0.39 is 5.76 Å². The van der Waals surface area contributed by atoms with E-state index in [1.165, 1.54) is 4.57 Å². The van der Waals surface area contributed by atoms with Gasteiger partial charge in [-0.1, -0.05) is 31.1 Å². The van der Waals surface area contributed by atoms with Gasteiger partial charge in [0, 0.05) is 5.92 Å². The van der Waals surface area contributed by atoms with Crippen LogP contribution in [0.2, 0.25) is 0 Å². The van der Waals surface area contributed by atoms with Crippen LogP contribution < -0.4 is 5.76 Å². The number of rotatable bonds is 3. The lowest BCUT2D eigenvalue weighted by Gasteiger charge is -2.06. The molecule has 0 aliphatic carbocycles. The fraction of sp³-hybridized carbons (Fsp3) is 0.308. The molecular weight excluding hydrogens is 230 g/mol. The van der Waals surface area contributed by atoms with Crippen molar-refractivity contribution < 1.29 is 4.52 Å². The van der Waals surface area contributed by atoms with Crippen LogP contribution in [0.5, 0.6) is 0 Å². The average Bonchev–Trinajstić information content (AvgIpc) is 2.71. The molecule has 0 spiro atoms. The van der Waals surface area contributed by atoms with Gasteiger partial charge in [-0.25, -0.2) is 4.79 Å². The van der Waals surface area contributed by atoms with Crippen molar-refractivity contribution in [1.29, 1.82) is 5.26 Å². The zero-order chi connectivity index (χ0) is 13.1. The Labute approximate surface area is 104 Å². The second-order valence-corrected chi connectivity index (χ2v) is 4.36. The lowest BCUT2D eigenvalue weighted by molar-refractivity contribution is 0.373. The van der Waals surface area contributed by atoms with Crippen molar-refractivity contribution in [3.05, 3.63) is 51.8 Å². The first-order valence-corrected chi connectivity index (χ1v) is 5.67. The van der Waals surface area contributed by atoms with Crippen LogP contribution >= 0.6 is 0 Å². The van der Waals surface area contributed by atoms with Crippen molar-refractivity contribution in [3.8, 4) is 6.07 Å². The number of aromatic nitrogens is 2. The summed E-state index contributed by atoms with van der Waals surface area (Å²) in [4.78, 5) is 11.6. The third-order valence-corrected chi connectivity index (χ3v) is 2.63. The summed E-state index contributed by atoms with van der Waals surface area (Å²) in [6.07, 6.45) is 0. The Kier molecular flexibility index (Phi) is 3.28.